The lowest BCUT2D eigenvalue weighted by Gasteiger charge is -2.13. The van der Waals surface area contributed by atoms with Crippen LogP contribution in [0.4, 0.5) is 0 Å². The minimum atomic E-state index is -0.131. The van der Waals surface area contributed by atoms with E-state index >= 15 is 0 Å². The van der Waals surface area contributed by atoms with Crippen LogP contribution < -0.4 is 10.1 Å². The Bertz CT molecular complexity index is 597. The summed E-state index contributed by atoms with van der Waals surface area (Å²) < 4.78 is 5.65. The highest BCUT2D eigenvalue weighted by Gasteiger charge is 2.12. The second-order valence-corrected chi connectivity index (χ2v) is 5.53. The molecule has 0 aliphatic rings. The van der Waals surface area contributed by atoms with Gasteiger partial charge in [0.05, 0.1) is 18.3 Å². The van der Waals surface area contributed by atoms with Crippen LogP contribution in [0.2, 0.25) is 0 Å². The molecular formula is C19H24N2O2. The molecule has 0 radical (unpaired) electrons. The predicted molar refractivity (Wildman–Crippen MR) is 91.6 cm³/mol. The fraction of sp³-hybridized carbons (Fsp3) is 0.368. The first-order chi connectivity index (χ1) is 11.2. The van der Waals surface area contributed by atoms with E-state index in [1.54, 1.807) is 18.3 Å². The Morgan fingerprint density at radius 2 is 1.96 bits per heavy atom. The molecule has 0 aliphatic carbocycles. The smallest absolute Gasteiger partial charge is 0.251 e. The largest absolute Gasteiger partial charge is 0.494 e. The fourth-order valence-electron chi connectivity index (χ4n) is 2.23. The SMILES string of the molecule is CCCCCOc1ccc(C(=O)NC(C)c2ccccn2)cc1. The number of carbonyl (C=O) groups is 1. The Balaban J connectivity index is 1.87. The van der Waals surface area contributed by atoms with Gasteiger partial charge in [0, 0.05) is 11.8 Å². The van der Waals surface area contributed by atoms with Crippen LogP contribution in [0.1, 0.15) is 55.2 Å². The van der Waals surface area contributed by atoms with Crippen molar-refractivity contribution in [3.8, 4) is 5.75 Å². The molecule has 4 heteroatoms. The van der Waals surface area contributed by atoms with E-state index in [-0.39, 0.29) is 11.9 Å². The van der Waals surface area contributed by atoms with Crippen LogP contribution in [0.25, 0.3) is 0 Å². The van der Waals surface area contributed by atoms with Crippen LogP contribution >= 0.6 is 0 Å². The number of nitrogens with one attached hydrogen (secondary N) is 1. The van der Waals surface area contributed by atoms with Gasteiger partial charge < -0.3 is 10.1 Å². The average molecular weight is 312 g/mol. The van der Waals surface area contributed by atoms with Crippen molar-refractivity contribution in [1.82, 2.24) is 10.3 Å². The van der Waals surface area contributed by atoms with Crippen molar-refractivity contribution in [2.24, 2.45) is 0 Å². The Morgan fingerprint density at radius 1 is 1.17 bits per heavy atom. The molecule has 23 heavy (non-hydrogen) atoms. The zero-order valence-electron chi connectivity index (χ0n) is 13.8. The monoisotopic (exact) mass is 312 g/mol. The lowest BCUT2D eigenvalue weighted by Crippen LogP contribution is -2.27. The highest BCUT2D eigenvalue weighted by molar-refractivity contribution is 5.94. The Hall–Kier alpha value is -2.36. The highest BCUT2D eigenvalue weighted by atomic mass is 16.5. The van der Waals surface area contributed by atoms with Crippen LogP contribution in [0.5, 0.6) is 5.75 Å². The van der Waals surface area contributed by atoms with Crippen molar-refractivity contribution < 1.29 is 9.53 Å². The summed E-state index contributed by atoms with van der Waals surface area (Å²) in [6, 6.07) is 12.8. The molecule has 1 aromatic heterocycles. The summed E-state index contributed by atoms with van der Waals surface area (Å²) >= 11 is 0. The van der Waals surface area contributed by atoms with Crippen molar-refractivity contribution in [2.45, 2.75) is 39.2 Å². The predicted octanol–water partition coefficient (Wildman–Crippen LogP) is 4.14. The van der Waals surface area contributed by atoms with Crippen molar-refractivity contribution in [1.29, 1.82) is 0 Å². The van der Waals surface area contributed by atoms with Gasteiger partial charge in [-0.05, 0) is 49.7 Å². The summed E-state index contributed by atoms with van der Waals surface area (Å²) in [6.07, 6.45) is 5.13. The minimum Gasteiger partial charge on any atom is -0.494 e. The number of amides is 1. The molecule has 0 saturated heterocycles. The highest BCUT2D eigenvalue weighted by Crippen LogP contribution is 2.14. The Labute approximate surface area is 137 Å². The Morgan fingerprint density at radius 3 is 2.61 bits per heavy atom. The number of benzene rings is 1. The molecule has 122 valence electrons. The molecular weight excluding hydrogens is 288 g/mol. The number of rotatable bonds is 8. The zero-order valence-corrected chi connectivity index (χ0v) is 13.8. The average Bonchev–Trinajstić information content (AvgIpc) is 2.60. The van der Waals surface area contributed by atoms with E-state index in [1.165, 1.54) is 12.8 Å². The second kappa shape index (κ2) is 8.93. The molecule has 1 aromatic carbocycles. The molecule has 0 bridgehead atoms. The molecule has 2 aromatic rings. The van der Waals surface area contributed by atoms with Gasteiger partial charge >= 0.3 is 0 Å². The second-order valence-electron chi connectivity index (χ2n) is 5.53. The lowest BCUT2D eigenvalue weighted by molar-refractivity contribution is 0.0939. The normalized spacial score (nSPS) is 11.7. The van der Waals surface area contributed by atoms with Crippen molar-refractivity contribution >= 4 is 5.91 Å². The number of nitrogens with zero attached hydrogens (tertiary/aromatic N) is 1. The van der Waals surface area contributed by atoms with E-state index in [9.17, 15) is 4.79 Å². The van der Waals surface area contributed by atoms with E-state index in [2.05, 4.69) is 17.2 Å². The number of pyridine rings is 1. The van der Waals surface area contributed by atoms with Gasteiger partial charge in [0.25, 0.3) is 5.91 Å². The van der Waals surface area contributed by atoms with Gasteiger partial charge in [-0.15, -0.1) is 0 Å². The number of carbonyl (C=O) groups excluding carboxylic acids is 1. The standard InChI is InChI=1S/C19H24N2O2/c1-3-4-7-14-23-17-11-9-16(10-12-17)19(22)21-15(2)18-8-5-6-13-20-18/h5-6,8-13,15H,3-4,7,14H2,1-2H3,(H,21,22). The van der Waals surface area contributed by atoms with Gasteiger partial charge in [-0.1, -0.05) is 25.8 Å². The van der Waals surface area contributed by atoms with Crippen molar-refractivity contribution in [3.63, 3.8) is 0 Å². The Kier molecular flexibility index (Phi) is 6.60. The first kappa shape index (κ1) is 17.0. The summed E-state index contributed by atoms with van der Waals surface area (Å²) in [5.74, 6) is 0.691. The maximum Gasteiger partial charge on any atom is 0.251 e. The molecule has 1 heterocycles. The van der Waals surface area contributed by atoms with Gasteiger partial charge in [-0.2, -0.15) is 0 Å². The summed E-state index contributed by atoms with van der Waals surface area (Å²) in [5.41, 5.74) is 1.46. The topological polar surface area (TPSA) is 51.2 Å². The zero-order chi connectivity index (χ0) is 16.5. The minimum absolute atomic E-state index is 0.110. The first-order valence-corrected chi connectivity index (χ1v) is 8.15. The van der Waals surface area contributed by atoms with E-state index in [1.807, 2.05) is 37.3 Å². The third kappa shape index (κ3) is 5.40. The molecule has 0 saturated carbocycles. The molecule has 0 aliphatic heterocycles. The third-order valence-electron chi connectivity index (χ3n) is 3.61. The molecule has 1 unspecified atom stereocenters. The fourth-order valence-corrected chi connectivity index (χ4v) is 2.23. The van der Waals surface area contributed by atoms with Gasteiger partial charge in [0.2, 0.25) is 0 Å². The molecule has 2 rings (SSSR count). The maximum atomic E-state index is 12.3. The number of hydrogen-bond acceptors (Lipinski definition) is 3. The van der Waals surface area contributed by atoms with Crippen LogP contribution in [0, 0.1) is 0 Å². The van der Waals surface area contributed by atoms with E-state index in [0.717, 1.165) is 24.5 Å². The quantitative estimate of drug-likeness (QED) is 0.745. The maximum absolute atomic E-state index is 12.3. The number of ether oxygens (including phenoxy) is 1. The van der Waals surface area contributed by atoms with Gasteiger partial charge in [0.15, 0.2) is 0 Å². The van der Waals surface area contributed by atoms with E-state index in [4.69, 9.17) is 4.74 Å². The third-order valence-corrected chi connectivity index (χ3v) is 3.61. The van der Waals surface area contributed by atoms with Crippen LogP contribution in [0.3, 0.4) is 0 Å². The number of aromatic nitrogens is 1. The molecule has 1 N–H and O–H groups in total. The van der Waals surface area contributed by atoms with Gasteiger partial charge in [-0.3, -0.25) is 9.78 Å². The summed E-state index contributed by atoms with van der Waals surface area (Å²) in [7, 11) is 0. The van der Waals surface area contributed by atoms with Crippen LogP contribution in [-0.4, -0.2) is 17.5 Å². The summed E-state index contributed by atoms with van der Waals surface area (Å²) in [6.45, 7) is 4.81. The van der Waals surface area contributed by atoms with E-state index in [0.29, 0.717) is 5.56 Å². The molecule has 1 amide bonds. The molecule has 0 fully saturated rings. The lowest BCUT2D eigenvalue weighted by atomic mass is 10.1. The molecule has 0 spiro atoms. The number of hydrogen-bond donors (Lipinski definition) is 1. The van der Waals surface area contributed by atoms with Gasteiger partial charge in [-0.25, -0.2) is 0 Å². The molecule has 1 atom stereocenters. The van der Waals surface area contributed by atoms with Crippen LogP contribution in [0.15, 0.2) is 48.7 Å². The summed E-state index contributed by atoms with van der Waals surface area (Å²) in [4.78, 5) is 16.5. The van der Waals surface area contributed by atoms with E-state index < -0.39 is 0 Å². The summed E-state index contributed by atoms with van der Waals surface area (Å²) in [5, 5.41) is 2.95. The van der Waals surface area contributed by atoms with Crippen molar-refractivity contribution in [2.75, 3.05) is 6.61 Å². The number of unbranched alkanes of at least 4 members (excludes halogenated alkanes) is 2. The molecule has 4 nitrogen and oxygen atoms in total. The van der Waals surface area contributed by atoms with Gasteiger partial charge in [0.1, 0.15) is 5.75 Å². The van der Waals surface area contributed by atoms with Crippen molar-refractivity contribution in [3.05, 3.63) is 59.9 Å². The first-order valence-electron chi connectivity index (χ1n) is 8.15. The van der Waals surface area contributed by atoms with Crippen LogP contribution in [-0.2, 0) is 0 Å².